The molecule has 1 aromatic carbocycles. The van der Waals surface area contributed by atoms with E-state index < -0.39 is 5.60 Å². The molecular weight excluding hydrogens is 528 g/mol. The zero-order chi connectivity index (χ0) is 28.9. The number of anilines is 1. The van der Waals surface area contributed by atoms with E-state index in [1.165, 1.54) is 0 Å². The summed E-state index contributed by atoms with van der Waals surface area (Å²) in [5.74, 6) is 0.408. The van der Waals surface area contributed by atoms with E-state index in [9.17, 15) is 14.9 Å². The molecule has 2 amide bonds. The first kappa shape index (κ1) is 28.8. The van der Waals surface area contributed by atoms with Gasteiger partial charge in [0.2, 0.25) is 0 Å². The lowest BCUT2D eigenvalue weighted by molar-refractivity contribution is 0.0240. The third kappa shape index (κ3) is 7.07. The minimum absolute atomic E-state index is 0.165. The number of benzene rings is 1. The van der Waals surface area contributed by atoms with Crippen LogP contribution in [0.2, 0.25) is 5.02 Å². The molecule has 0 saturated carbocycles. The standard InChI is InChI=1S/C30H33ClN6O3/c1-30(2,3)40-29(39)37-15-13-36(14-16-37)27-23(19-32)17-24(20-34-27)22-5-6-25(26(31)18-22)28(38)35(4)12-9-21-7-10-33-11-8-21/h5-8,10-11,17-18,20H,9,12-16H2,1-4H3. The van der Waals surface area contributed by atoms with Crippen LogP contribution in [-0.2, 0) is 11.2 Å². The molecule has 208 valence electrons. The van der Waals surface area contributed by atoms with Crippen molar-refractivity contribution in [3.05, 3.63) is 76.7 Å². The van der Waals surface area contributed by atoms with Gasteiger partial charge in [0.25, 0.3) is 5.91 Å². The van der Waals surface area contributed by atoms with Crippen LogP contribution in [0.5, 0.6) is 0 Å². The number of hydrogen-bond donors (Lipinski definition) is 0. The summed E-state index contributed by atoms with van der Waals surface area (Å²) >= 11 is 6.55. The number of rotatable bonds is 6. The van der Waals surface area contributed by atoms with Crippen molar-refractivity contribution in [3.8, 4) is 17.2 Å². The van der Waals surface area contributed by atoms with Gasteiger partial charge in [-0.1, -0.05) is 17.7 Å². The number of nitriles is 1. The SMILES string of the molecule is CN(CCc1ccncc1)C(=O)c1ccc(-c2cnc(N3CCN(C(=O)OC(C)(C)C)CC3)c(C#N)c2)cc1Cl. The van der Waals surface area contributed by atoms with Gasteiger partial charge in [0.05, 0.1) is 16.1 Å². The van der Waals surface area contributed by atoms with Crippen molar-refractivity contribution >= 4 is 29.4 Å². The first-order valence-electron chi connectivity index (χ1n) is 13.1. The Morgan fingerprint density at radius 3 is 2.40 bits per heavy atom. The predicted octanol–water partition coefficient (Wildman–Crippen LogP) is 5.04. The van der Waals surface area contributed by atoms with Gasteiger partial charge >= 0.3 is 6.09 Å². The van der Waals surface area contributed by atoms with Gasteiger partial charge in [0.15, 0.2) is 0 Å². The lowest BCUT2D eigenvalue weighted by Crippen LogP contribution is -2.50. The third-order valence-corrected chi connectivity index (χ3v) is 6.90. The van der Waals surface area contributed by atoms with Crippen LogP contribution in [0.25, 0.3) is 11.1 Å². The molecule has 0 aliphatic carbocycles. The molecule has 1 aliphatic heterocycles. The van der Waals surface area contributed by atoms with Crippen molar-refractivity contribution in [1.29, 1.82) is 5.26 Å². The van der Waals surface area contributed by atoms with E-state index in [0.29, 0.717) is 61.1 Å². The largest absolute Gasteiger partial charge is 0.444 e. The number of carbonyl (C=O) groups is 2. The fourth-order valence-corrected chi connectivity index (χ4v) is 4.66. The molecule has 3 aromatic rings. The lowest BCUT2D eigenvalue weighted by atomic mass is 10.0. The van der Waals surface area contributed by atoms with Crippen molar-refractivity contribution in [2.24, 2.45) is 0 Å². The number of carbonyl (C=O) groups excluding carboxylic acids is 2. The number of amides is 2. The summed E-state index contributed by atoms with van der Waals surface area (Å²) in [6, 6.07) is 13.1. The van der Waals surface area contributed by atoms with Crippen LogP contribution >= 0.6 is 11.6 Å². The molecule has 1 saturated heterocycles. The van der Waals surface area contributed by atoms with Crippen molar-refractivity contribution in [2.45, 2.75) is 32.8 Å². The van der Waals surface area contributed by atoms with Crippen molar-refractivity contribution in [3.63, 3.8) is 0 Å². The van der Waals surface area contributed by atoms with Gasteiger partial charge in [0.1, 0.15) is 17.5 Å². The van der Waals surface area contributed by atoms with E-state index in [2.05, 4.69) is 16.0 Å². The number of halogens is 1. The Kier molecular flexibility index (Phi) is 8.90. The highest BCUT2D eigenvalue weighted by Gasteiger charge is 2.27. The summed E-state index contributed by atoms with van der Waals surface area (Å²) in [5, 5.41) is 10.2. The van der Waals surface area contributed by atoms with Crippen molar-refractivity contribution in [1.82, 2.24) is 19.8 Å². The fraction of sp³-hybridized carbons (Fsp3) is 0.367. The summed E-state index contributed by atoms with van der Waals surface area (Å²) in [7, 11) is 1.75. The highest BCUT2D eigenvalue weighted by Crippen LogP contribution is 2.29. The molecule has 4 rings (SSSR count). The average Bonchev–Trinajstić information content (AvgIpc) is 2.95. The van der Waals surface area contributed by atoms with Crippen LogP contribution in [0.3, 0.4) is 0 Å². The predicted molar refractivity (Wildman–Crippen MR) is 154 cm³/mol. The lowest BCUT2D eigenvalue weighted by Gasteiger charge is -2.36. The quantitative estimate of drug-likeness (QED) is 0.416. The molecule has 1 fully saturated rings. The number of pyridine rings is 2. The van der Waals surface area contributed by atoms with E-state index in [1.807, 2.05) is 43.9 Å². The number of likely N-dealkylation sites (N-methyl/N-ethyl adjacent to an activating group) is 1. The average molecular weight is 561 g/mol. The van der Waals surface area contributed by atoms with Crippen molar-refractivity contribution < 1.29 is 14.3 Å². The molecule has 3 heterocycles. The zero-order valence-electron chi connectivity index (χ0n) is 23.2. The van der Waals surface area contributed by atoms with Gasteiger partial charge in [-0.2, -0.15) is 5.26 Å². The summed E-state index contributed by atoms with van der Waals surface area (Å²) in [6.45, 7) is 8.10. The van der Waals surface area contributed by atoms with Gasteiger partial charge in [-0.15, -0.1) is 0 Å². The van der Waals surface area contributed by atoms with Crippen LogP contribution in [-0.4, -0.2) is 77.1 Å². The normalized spacial score (nSPS) is 13.5. The maximum Gasteiger partial charge on any atom is 0.410 e. The minimum atomic E-state index is -0.551. The molecule has 0 radical (unpaired) electrons. The Hall–Kier alpha value is -4.16. The molecule has 0 atom stereocenters. The van der Waals surface area contributed by atoms with Gasteiger partial charge < -0.3 is 19.4 Å². The third-order valence-electron chi connectivity index (χ3n) is 6.58. The maximum absolute atomic E-state index is 13.0. The topological polar surface area (TPSA) is 103 Å². The van der Waals surface area contributed by atoms with Crippen molar-refractivity contribution in [2.75, 3.05) is 44.7 Å². The molecule has 0 N–H and O–H groups in total. The molecule has 0 bridgehead atoms. The molecule has 2 aromatic heterocycles. The highest BCUT2D eigenvalue weighted by molar-refractivity contribution is 6.34. The number of aromatic nitrogens is 2. The number of nitrogens with zero attached hydrogens (tertiary/aromatic N) is 6. The molecule has 0 unspecified atom stereocenters. The first-order chi connectivity index (χ1) is 19.1. The van der Waals surface area contributed by atoms with Crippen LogP contribution in [0.15, 0.2) is 55.0 Å². The van der Waals surface area contributed by atoms with E-state index in [0.717, 1.165) is 16.7 Å². The van der Waals surface area contributed by atoms with E-state index >= 15 is 0 Å². The molecule has 40 heavy (non-hydrogen) atoms. The number of piperazine rings is 1. The van der Waals surface area contributed by atoms with Gasteiger partial charge in [-0.3, -0.25) is 9.78 Å². The van der Waals surface area contributed by atoms with Crippen LogP contribution < -0.4 is 4.90 Å². The maximum atomic E-state index is 13.0. The Morgan fingerprint density at radius 1 is 1.07 bits per heavy atom. The Bertz CT molecular complexity index is 1410. The second kappa shape index (κ2) is 12.3. The van der Waals surface area contributed by atoms with Crippen LogP contribution in [0.4, 0.5) is 10.6 Å². The summed E-state index contributed by atoms with van der Waals surface area (Å²) in [5.41, 5.74) is 2.87. The monoisotopic (exact) mass is 560 g/mol. The number of hydrogen-bond acceptors (Lipinski definition) is 7. The molecule has 10 heteroatoms. The molecule has 9 nitrogen and oxygen atoms in total. The minimum Gasteiger partial charge on any atom is -0.444 e. The van der Waals surface area contributed by atoms with E-state index in [1.54, 1.807) is 53.6 Å². The molecule has 1 aliphatic rings. The summed E-state index contributed by atoms with van der Waals surface area (Å²) in [4.78, 5) is 39.3. The molecule has 0 spiro atoms. The smallest absolute Gasteiger partial charge is 0.410 e. The van der Waals surface area contributed by atoms with Crippen LogP contribution in [0, 0.1) is 11.3 Å². The first-order valence-corrected chi connectivity index (χ1v) is 13.5. The van der Waals surface area contributed by atoms with E-state index in [-0.39, 0.29) is 12.0 Å². The second-order valence-electron chi connectivity index (χ2n) is 10.7. The fourth-order valence-electron chi connectivity index (χ4n) is 4.40. The zero-order valence-corrected chi connectivity index (χ0v) is 24.0. The summed E-state index contributed by atoms with van der Waals surface area (Å²) < 4.78 is 5.47. The highest BCUT2D eigenvalue weighted by atomic mass is 35.5. The summed E-state index contributed by atoms with van der Waals surface area (Å²) in [6.07, 6.45) is 5.54. The number of ether oxygens (including phenoxy) is 1. The Labute approximate surface area is 240 Å². The van der Waals surface area contributed by atoms with Crippen LogP contribution in [0.1, 0.15) is 42.3 Å². The van der Waals surface area contributed by atoms with Gasteiger partial charge in [-0.25, -0.2) is 9.78 Å². The second-order valence-corrected chi connectivity index (χ2v) is 11.1. The van der Waals surface area contributed by atoms with Gasteiger partial charge in [0, 0.05) is 63.9 Å². The Balaban J connectivity index is 1.43. The van der Waals surface area contributed by atoms with Gasteiger partial charge in [-0.05, 0) is 68.7 Å². The molecular formula is C30H33ClN6O3. The van der Waals surface area contributed by atoms with E-state index in [4.69, 9.17) is 16.3 Å². The Morgan fingerprint density at radius 2 is 1.77 bits per heavy atom.